The van der Waals surface area contributed by atoms with Crippen molar-refractivity contribution in [3.05, 3.63) is 22.4 Å². The fourth-order valence-electron chi connectivity index (χ4n) is 2.92. The van der Waals surface area contributed by atoms with E-state index in [1.54, 1.807) is 0 Å². The van der Waals surface area contributed by atoms with E-state index >= 15 is 0 Å². The molecule has 19 heavy (non-hydrogen) atoms. The predicted octanol–water partition coefficient (Wildman–Crippen LogP) is 2.85. The largest absolute Gasteiger partial charge is 0.381 e. The highest BCUT2D eigenvalue weighted by atomic mass is 32.1. The van der Waals surface area contributed by atoms with Crippen LogP contribution in [0.1, 0.15) is 31.6 Å². The molecule has 1 N–H and O–H groups in total. The van der Waals surface area contributed by atoms with Crippen molar-refractivity contribution in [2.24, 2.45) is 0 Å². The summed E-state index contributed by atoms with van der Waals surface area (Å²) in [5, 5.41) is 5.79. The molecule has 1 fully saturated rings. The van der Waals surface area contributed by atoms with Gasteiger partial charge in [-0.3, -0.25) is 0 Å². The zero-order valence-electron chi connectivity index (χ0n) is 12.0. The molecular formula is C15H25NO2S. The highest BCUT2D eigenvalue weighted by Crippen LogP contribution is 2.31. The monoisotopic (exact) mass is 283 g/mol. The van der Waals surface area contributed by atoms with Crippen LogP contribution in [0.3, 0.4) is 0 Å². The Morgan fingerprint density at radius 2 is 2.21 bits per heavy atom. The van der Waals surface area contributed by atoms with E-state index in [0.29, 0.717) is 6.04 Å². The quantitative estimate of drug-likeness (QED) is 0.834. The standard InChI is InChI=1S/C15H25NO2S/c1-3-16-14(12-13-6-5-11-19-13)15(18-4-2)7-9-17-10-8-15/h5-6,11,14,16H,3-4,7-10,12H2,1-2H3. The third kappa shape index (κ3) is 3.78. The molecule has 0 spiro atoms. The zero-order valence-corrected chi connectivity index (χ0v) is 12.8. The molecule has 1 unspecified atom stereocenters. The number of hydrogen-bond acceptors (Lipinski definition) is 4. The average Bonchev–Trinajstić information content (AvgIpc) is 2.93. The van der Waals surface area contributed by atoms with E-state index in [-0.39, 0.29) is 5.60 Å². The Kier molecular flexibility index (Phi) is 5.82. The molecule has 0 radical (unpaired) electrons. The second-order valence-corrected chi connectivity index (χ2v) is 6.04. The Morgan fingerprint density at radius 1 is 1.42 bits per heavy atom. The van der Waals surface area contributed by atoms with Crippen molar-refractivity contribution in [3.8, 4) is 0 Å². The molecule has 0 amide bonds. The van der Waals surface area contributed by atoms with Crippen molar-refractivity contribution in [1.82, 2.24) is 5.32 Å². The summed E-state index contributed by atoms with van der Waals surface area (Å²) in [4.78, 5) is 1.43. The second-order valence-electron chi connectivity index (χ2n) is 5.00. The molecule has 108 valence electrons. The lowest BCUT2D eigenvalue weighted by Crippen LogP contribution is -2.56. The molecule has 2 heterocycles. The van der Waals surface area contributed by atoms with Crippen molar-refractivity contribution in [2.45, 2.75) is 44.8 Å². The lowest BCUT2D eigenvalue weighted by molar-refractivity contribution is -0.126. The van der Waals surface area contributed by atoms with Crippen molar-refractivity contribution in [1.29, 1.82) is 0 Å². The van der Waals surface area contributed by atoms with Crippen LogP contribution < -0.4 is 5.32 Å². The van der Waals surface area contributed by atoms with E-state index in [1.807, 2.05) is 11.3 Å². The zero-order chi connectivity index (χ0) is 13.6. The molecule has 0 saturated carbocycles. The Balaban J connectivity index is 2.12. The number of rotatable bonds is 7. The van der Waals surface area contributed by atoms with Crippen molar-refractivity contribution >= 4 is 11.3 Å². The molecule has 0 aliphatic carbocycles. The van der Waals surface area contributed by atoms with Gasteiger partial charge in [0.05, 0.1) is 5.60 Å². The molecule has 0 aromatic carbocycles. The summed E-state index contributed by atoms with van der Waals surface area (Å²) in [6, 6.07) is 4.72. The van der Waals surface area contributed by atoms with Gasteiger partial charge >= 0.3 is 0 Å². The van der Waals surface area contributed by atoms with Crippen molar-refractivity contribution in [3.63, 3.8) is 0 Å². The third-order valence-electron chi connectivity index (χ3n) is 3.84. The van der Waals surface area contributed by atoms with E-state index in [4.69, 9.17) is 9.47 Å². The minimum absolute atomic E-state index is 0.0625. The summed E-state index contributed by atoms with van der Waals surface area (Å²) < 4.78 is 11.7. The van der Waals surface area contributed by atoms with Crippen LogP contribution in [-0.2, 0) is 15.9 Å². The fourth-order valence-corrected chi connectivity index (χ4v) is 3.67. The lowest BCUT2D eigenvalue weighted by Gasteiger charge is -2.43. The minimum atomic E-state index is -0.0625. The molecule has 1 aliphatic rings. The molecular weight excluding hydrogens is 258 g/mol. The van der Waals surface area contributed by atoms with Crippen LogP contribution in [0.25, 0.3) is 0 Å². The van der Waals surface area contributed by atoms with E-state index in [1.165, 1.54) is 4.88 Å². The number of likely N-dealkylation sites (N-methyl/N-ethyl adjacent to an activating group) is 1. The first-order valence-electron chi connectivity index (χ1n) is 7.28. The maximum absolute atomic E-state index is 6.20. The summed E-state index contributed by atoms with van der Waals surface area (Å²) in [5.74, 6) is 0. The summed E-state index contributed by atoms with van der Waals surface area (Å²) in [5.41, 5.74) is -0.0625. The molecule has 1 saturated heterocycles. The van der Waals surface area contributed by atoms with Gasteiger partial charge in [0, 0.05) is 43.6 Å². The Labute approximate surface area is 120 Å². The summed E-state index contributed by atoms with van der Waals surface area (Å²) in [7, 11) is 0. The van der Waals surface area contributed by atoms with Crippen LogP contribution in [0.2, 0.25) is 0 Å². The molecule has 1 aromatic rings. The average molecular weight is 283 g/mol. The van der Waals surface area contributed by atoms with Crippen LogP contribution >= 0.6 is 11.3 Å². The lowest BCUT2D eigenvalue weighted by atomic mass is 9.83. The maximum atomic E-state index is 6.20. The molecule has 0 bridgehead atoms. The third-order valence-corrected chi connectivity index (χ3v) is 4.74. The van der Waals surface area contributed by atoms with Gasteiger partial charge in [0.15, 0.2) is 0 Å². The van der Waals surface area contributed by atoms with Crippen LogP contribution in [-0.4, -0.2) is 38.0 Å². The van der Waals surface area contributed by atoms with Crippen LogP contribution in [0, 0.1) is 0 Å². The number of ether oxygens (including phenoxy) is 2. The van der Waals surface area contributed by atoms with Gasteiger partial charge in [0.25, 0.3) is 0 Å². The van der Waals surface area contributed by atoms with E-state index in [0.717, 1.165) is 45.6 Å². The van der Waals surface area contributed by atoms with Gasteiger partial charge in [0.2, 0.25) is 0 Å². The summed E-state index contributed by atoms with van der Waals surface area (Å²) in [6.45, 7) is 7.63. The molecule has 1 aromatic heterocycles. The molecule has 2 rings (SSSR count). The van der Waals surface area contributed by atoms with Crippen LogP contribution in [0.5, 0.6) is 0 Å². The van der Waals surface area contributed by atoms with Gasteiger partial charge < -0.3 is 14.8 Å². The molecule has 1 atom stereocenters. The first-order chi connectivity index (χ1) is 9.30. The number of thiophene rings is 1. The Hall–Kier alpha value is -0.420. The van der Waals surface area contributed by atoms with Gasteiger partial charge in [-0.1, -0.05) is 13.0 Å². The molecule has 1 aliphatic heterocycles. The highest BCUT2D eigenvalue weighted by Gasteiger charge is 2.40. The second kappa shape index (κ2) is 7.39. The SMILES string of the molecule is CCNC(Cc1cccs1)C1(OCC)CCOCC1. The van der Waals surface area contributed by atoms with Crippen molar-refractivity contribution < 1.29 is 9.47 Å². The van der Waals surface area contributed by atoms with Gasteiger partial charge in [-0.2, -0.15) is 0 Å². The van der Waals surface area contributed by atoms with Gasteiger partial charge in [0.1, 0.15) is 0 Å². The van der Waals surface area contributed by atoms with Crippen LogP contribution in [0.15, 0.2) is 17.5 Å². The fraction of sp³-hybridized carbons (Fsp3) is 0.733. The van der Waals surface area contributed by atoms with Crippen molar-refractivity contribution in [2.75, 3.05) is 26.4 Å². The van der Waals surface area contributed by atoms with E-state index < -0.39 is 0 Å². The first-order valence-corrected chi connectivity index (χ1v) is 8.16. The Morgan fingerprint density at radius 3 is 2.79 bits per heavy atom. The summed E-state index contributed by atoms with van der Waals surface area (Å²) in [6.07, 6.45) is 3.03. The minimum Gasteiger partial charge on any atom is -0.381 e. The van der Waals surface area contributed by atoms with Gasteiger partial charge in [-0.25, -0.2) is 0 Å². The summed E-state index contributed by atoms with van der Waals surface area (Å²) >= 11 is 1.83. The normalized spacial score (nSPS) is 20.3. The topological polar surface area (TPSA) is 30.5 Å². The number of hydrogen-bond donors (Lipinski definition) is 1. The van der Waals surface area contributed by atoms with Gasteiger partial charge in [-0.15, -0.1) is 11.3 Å². The smallest absolute Gasteiger partial charge is 0.0881 e. The van der Waals surface area contributed by atoms with Gasteiger partial charge in [-0.05, 0) is 31.3 Å². The maximum Gasteiger partial charge on any atom is 0.0881 e. The Bertz CT molecular complexity index is 342. The molecule has 4 heteroatoms. The van der Waals surface area contributed by atoms with Crippen LogP contribution in [0.4, 0.5) is 0 Å². The number of nitrogens with one attached hydrogen (secondary N) is 1. The first kappa shape index (κ1) is 15.0. The highest BCUT2D eigenvalue weighted by molar-refractivity contribution is 7.09. The van der Waals surface area contributed by atoms with E-state index in [9.17, 15) is 0 Å². The molecule has 3 nitrogen and oxygen atoms in total. The van der Waals surface area contributed by atoms with E-state index in [2.05, 4.69) is 36.7 Å². The predicted molar refractivity (Wildman–Crippen MR) is 79.9 cm³/mol.